The second kappa shape index (κ2) is 8.52. The van der Waals surface area contributed by atoms with E-state index in [-0.39, 0.29) is 11.2 Å². The minimum atomic E-state index is -5.30. The summed E-state index contributed by atoms with van der Waals surface area (Å²) in [5.74, 6) is -13.4. The minimum absolute atomic E-state index is 0.0801. The van der Waals surface area contributed by atoms with E-state index in [2.05, 4.69) is 25.9 Å². The Morgan fingerprint density at radius 2 is 1.50 bits per heavy atom. The fourth-order valence-corrected chi connectivity index (χ4v) is 3.66. The highest BCUT2D eigenvalue weighted by molar-refractivity contribution is 9.10. The Kier molecular flexibility index (Phi) is 6.22. The number of hydrogen-bond acceptors (Lipinski definition) is 5. The Morgan fingerprint density at radius 3 is 2.10 bits per heavy atom. The van der Waals surface area contributed by atoms with E-state index in [0.29, 0.717) is 5.56 Å². The molecule has 0 amide bonds. The van der Waals surface area contributed by atoms with Crippen molar-refractivity contribution < 1.29 is 35.1 Å². The van der Waals surface area contributed by atoms with E-state index in [4.69, 9.17) is 4.74 Å². The maximum Gasteiger partial charge on any atom is 0.269 e. The molecule has 0 aliphatic carbocycles. The van der Waals surface area contributed by atoms with Crippen LogP contribution in [-0.2, 0) is 16.6 Å². The Bertz CT molecular complexity index is 1180. The predicted octanol–water partition coefficient (Wildman–Crippen LogP) is 4.31. The summed E-state index contributed by atoms with van der Waals surface area (Å²) in [5, 5.41) is 0. The van der Waals surface area contributed by atoms with E-state index in [1.54, 1.807) is 35.1 Å². The highest BCUT2D eigenvalue weighted by Crippen LogP contribution is 2.30. The van der Waals surface area contributed by atoms with Crippen LogP contribution in [0, 0.1) is 29.1 Å². The van der Waals surface area contributed by atoms with Gasteiger partial charge >= 0.3 is 0 Å². The second-order valence-corrected chi connectivity index (χ2v) is 8.06. The normalized spacial score (nSPS) is 11.4. The molecule has 1 heterocycles. The van der Waals surface area contributed by atoms with Crippen molar-refractivity contribution in [1.29, 1.82) is 0 Å². The molecule has 0 saturated heterocycles. The van der Waals surface area contributed by atoms with Crippen LogP contribution in [0.4, 0.5) is 27.8 Å². The molecule has 158 valence electrons. The summed E-state index contributed by atoms with van der Waals surface area (Å²) in [4.78, 5) is 5.50. The van der Waals surface area contributed by atoms with E-state index in [1.165, 1.54) is 0 Å². The molecule has 30 heavy (non-hydrogen) atoms. The van der Waals surface area contributed by atoms with Crippen LogP contribution in [0.25, 0.3) is 0 Å². The minimum Gasteiger partial charge on any atom is -0.470 e. The maximum atomic E-state index is 13.9. The molecule has 0 saturated carbocycles. The molecular formula is C17H9BrF5N3O3S. The quantitative estimate of drug-likeness (QED) is 0.304. The summed E-state index contributed by atoms with van der Waals surface area (Å²) in [6, 6.07) is 8.59. The van der Waals surface area contributed by atoms with Crippen molar-refractivity contribution in [2.24, 2.45) is 0 Å². The first-order valence-electron chi connectivity index (χ1n) is 7.85. The Labute approximate surface area is 174 Å². The first kappa shape index (κ1) is 21.9. The lowest BCUT2D eigenvalue weighted by molar-refractivity contribution is 0.294. The average molecular weight is 510 g/mol. The molecule has 0 spiro atoms. The van der Waals surface area contributed by atoms with E-state index < -0.39 is 55.7 Å². The molecule has 0 aliphatic heterocycles. The third-order valence-corrected chi connectivity index (χ3v) is 5.34. The van der Waals surface area contributed by atoms with Gasteiger partial charge in [0.15, 0.2) is 28.2 Å². The lowest BCUT2D eigenvalue weighted by Gasteiger charge is -2.13. The first-order chi connectivity index (χ1) is 14.1. The molecule has 13 heteroatoms. The topological polar surface area (TPSA) is 81.2 Å². The molecule has 0 radical (unpaired) electrons. The first-order valence-corrected chi connectivity index (χ1v) is 10.1. The second-order valence-electron chi connectivity index (χ2n) is 5.63. The smallest absolute Gasteiger partial charge is 0.269 e. The number of nitrogens with zero attached hydrogens (tertiary/aromatic N) is 2. The van der Waals surface area contributed by atoms with Gasteiger partial charge in [-0.3, -0.25) is 4.72 Å². The van der Waals surface area contributed by atoms with Crippen molar-refractivity contribution >= 4 is 31.8 Å². The van der Waals surface area contributed by atoms with E-state index in [0.717, 1.165) is 6.20 Å². The van der Waals surface area contributed by atoms with Crippen molar-refractivity contribution in [3.05, 3.63) is 75.8 Å². The molecule has 3 aromatic rings. The van der Waals surface area contributed by atoms with Crippen LogP contribution < -0.4 is 9.46 Å². The summed E-state index contributed by atoms with van der Waals surface area (Å²) in [6.07, 6.45) is 1.03. The van der Waals surface area contributed by atoms with Gasteiger partial charge in [0.1, 0.15) is 11.2 Å². The fourth-order valence-electron chi connectivity index (χ4n) is 2.25. The summed E-state index contributed by atoms with van der Waals surface area (Å²) >= 11 is 3.01. The lowest BCUT2D eigenvalue weighted by atomic mass is 10.2. The molecule has 0 aliphatic rings. The maximum absolute atomic E-state index is 13.9. The van der Waals surface area contributed by atoms with Crippen molar-refractivity contribution in [1.82, 2.24) is 9.97 Å². The predicted molar refractivity (Wildman–Crippen MR) is 97.5 cm³/mol. The van der Waals surface area contributed by atoms with Gasteiger partial charge in [0.05, 0.1) is 6.20 Å². The standard InChI is InChI=1S/C17H9BrF5N3O3S/c18-9-6-24-16(17(25-9)29-7-8-4-2-1-3-5-8)26-30(27,28)15-13(22)11(20)10(19)12(21)14(15)23/h1-6H,7H2,(H,24,26). The Morgan fingerprint density at radius 1 is 0.933 bits per heavy atom. The van der Waals surface area contributed by atoms with Gasteiger partial charge in [-0.15, -0.1) is 0 Å². The highest BCUT2D eigenvalue weighted by Gasteiger charge is 2.34. The number of hydrogen-bond donors (Lipinski definition) is 1. The van der Waals surface area contributed by atoms with Crippen LogP contribution in [0.3, 0.4) is 0 Å². The summed E-state index contributed by atoms with van der Waals surface area (Å²) in [6.45, 7) is -0.0801. The zero-order valence-electron chi connectivity index (χ0n) is 14.5. The zero-order chi connectivity index (χ0) is 22.1. The highest BCUT2D eigenvalue weighted by atomic mass is 79.9. The monoisotopic (exact) mass is 509 g/mol. The van der Waals surface area contributed by atoms with Crippen LogP contribution in [0.1, 0.15) is 5.56 Å². The number of nitrogens with one attached hydrogen (secondary N) is 1. The van der Waals surface area contributed by atoms with Crippen LogP contribution in [0.2, 0.25) is 0 Å². The number of halogens is 6. The van der Waals surface area contributed by atoms with Crippen LogP contribution in [-0.4, -0.2) is 18.4 Å². The SMILES string of the molecule is O=S(=O)(Nc1ncc(Br)nc1OCc1ccccc1)c1c(F)c(F)c(F)c(F)c1F. The molecular weight excluding hydrogens is 501 g/mol. The van der Waals surface area contributed by atoms with Crippen LogP contribution in [0.15, 0.2) is 46.0 Å². The van der Waals surface area contributed by atoms with Crippen molar-refractivity contribution in [2.75, 3.05) is 4.72 Å². The van der Waals surface area contributed by atoms with Crippen LogP contribution in [0.5, 0.6) is 5.88 Å². The number of ether oxygens (including phenoxy) is 1. The van der Waals surface area contributed by atoms with Gasteiger partial charge < -0.3 is 4.74 Å². The molecule has 6 nitrogen and oxygen atoms in total. The van der Waals surface area contributed by atoms with Crippen molar-refractivity contribution in [2.45, 2.75) is 11.5 Å². The lowest BCUT2D eigenvalue weighted by Crippen LogP contribution is -2.21. The number of anilines is 1. The molecule has 0 bridgehead atoms. The van der Waals surface area contributed by atoms with Gasteiger partial charge in [0.2, 0.25) is 11.6 Å². The molecule has 1 N–H and O–H groups in total. The molecule has 0 atom stereocenters. The van der Waals surface area contributed by atoms with Gasteiger partial charge in [-0.2, -0.15) is 0 Å². The number of rotatable bonds is 6. The van der Waals surface area contributed by atoms with Crippen molar-refractivity contribution in [3.8, 4) is 5.88 Å². The molecule has 0 unspecified atom stereocenters. The Hall–Kier alpha value is -2.80. The third-order valence-electron chi connectivity index (χ3n) is 3.60. The van der Waals surface area contributed by atoms with E-state index in [1.807, 2.05) is 0 Å². The largest absolute Gasteiger partial charge is 0.470 e. The van der Waals surface area contributed by atoms with Gasteiger partial charge in [-0.1, -0.05) is 30.3 Å². The van der Waals surface area contributed by atoms with Crippen LogP contribution >= 0.6 is 15.9 Å². The van der Waals surface area contributed by atoms with Crippen molar-refractivity contribution in [3.63, 3.8) is 0 Å². The number of benzene rings is 2. The van der Waals surface area contributed by atoms with Gasteiger partial charge in [0, 0.05) is 0 Å². The van der Waals surface area contributed by atoms with E-state index in [9.17, 15) is 30.4 Å². The molecule has 3 rings (SSSR count). The van der Waals surface area contributed by atoms with E-state index >= 15 is 0 Å². The van der Waals surface area contributed by atoms with Gasteiger partial charge in [-0.05, 0) is 21.5 Å². The Balaban J connectivity index is 1.98. The van der Waals surface area contributed by atoms with Gasteiger partial charge in [-0.25, -0.2) is 40.3 Å². The third kappa shape index (κ3) is 4.36. The van der Waals surface area contributed by atoms with Gasteiger partial charge in [0.25, 0.3) is 15.9 Å². The number of aromatic nitrogens is 2. The summed E-state index contributed by atoms with van der Waals surface area (Å²) in [7, 11) is -5.30. The molecule has 2 aromatic carbocycles. The fraction of sp³-hybridized carbons (Fsp3) is 0.0588. The summed E-state index contributed by atoms with van der Waals surface area (Å²) < 4.78 is 99.8. The zero-order valence-corrected chi connectivity index (χ0v) is 16.9. The molecule has 0 fully saturated rings. The number of sulfonamides is 1. The summed E-state index contributed by atoms with van der Waals surface area (Å²) in [5.41, 5.74) is 0.674. The average Bonchev–Trinajstić information content (AvgIpc) is 2.71. The molecule has 1 aromatic heterocycles.